The van der Waals surface area contributed by atoms with Crippen molar-refractivity contribution >= 4 is 0 Å². The molecule has 2 aromatic carbocycles. The fourth-order valence-corrected chi connectivity index (χ4v) is 4.10. The normalized spacial score (nSPS) is 19.2. The molecule has 1 fully saturated rings. The molecule has 3 rings (SSSR count). The van der Waals surface area contributed by atoms with E-state index in [0.29, 0.717) is 12.8 Å². The second-order valence-corrected chi connectivity index (χ2v) is 8.11. The van der Waals surface area contributed by atoms with E-state index in [0.717, 1.165) is 37.0 Å². The van der Waals surface area contributed by atoms with E-state index in [1.807, 2.05) is 19.1 Å². The second-order valence-electron chi connectivity index (χ2n) is 8.11. The smallest absolute Gasteiger partial charge is 0.429 e. The lowest BCUT2D eigenvalue weighted by Crippen LogP contribution is -2.26. The van der Waals surface area contributed by atoms with E-state index in [-0.39, 0.29) is 29.5 Å². The minimum absolute atomic E-state index is 0.165. The van der Waals surface area contributed by atoms with Gasteiger partial charge in [-0.2, -0.15) is 8.78 Å². The van der Waals surface area contributed by atoms with Crippen LogP contribution >= 0.6 is 0 Å². The first kappa shape index (κ1) is 24.9. The van der Waals surface area contributed by atoms with Gasteiger partial charge in [0.2, 0.25) is 0 Å². The lowest BCUT2D eigenvalue weighted by Gasteiger charge is -2.30. The van der Waals surface area contributed by atoms with Crippen LogP contribution in [-0.4, -0.2) is 0 Å². The fourth-order valence-electron chi connectivity index (χ4n) is 4.10. The molecule has 33 heavy (non-hydrogen) atoms. The van der Waals surface area contributed by atoms with Crippen LogP contribution in [0.2, 0.25) is 0 Å². The zero-order chi connectivity index (χ0) is 24.3. The van der Waals surface area contributed by atoms with Gasteiger partial charge in [0, 0.05) is 12.1 Å². The molecular weight excluding hydrogens is 449 g/mol. The highest BCUT2D eigenvalue weighted by Gasteiger charge is 2.42. The van der Waals surface area contributed by atoms with E-state index in [9.17, 15) is 30.7 Å². The van der Waals surface area contributed by atoms with Gasteiger partial charge in [0.25, 0.3) is 0 Å². The SMILES string of the molecule is C=C(C=CCC)C1CCC(c2cc(F)c(C(F)(F)Oc3cc(F)c(F)c(F)c3)c(F)c2)CC1. The summed E-state index contributed by atoms with van der Waals surface area (Å²) in [6.45, 7) is 6.07. The Kier molecular flexibility index (Phi) is 7.55. The molecule has 0 heterocycles. The zero-order valence-corrected chi connectivity index (χ0v) is 17.9. The van der Waals surface area contributed by atoms with Gasteiger partial charge in [-0.3, -0.25) is 0 Å². The fraction of sp³-hybridized carbons (Fsp3) is 0.360. The van der Waals surface area contributed by atoms with Crippen LogP contribution in [0.5, 0.6) is 5.75 Å². The van der Waals surface area contributed by atoms with Crippen molar-refractivity contribution in [3.05, 3.63) is 88.8 Å². The Balaban J connectivity index is 1.77. The summed E-state index contributed by atoms with van der Waals surface area (Å²) in [6, 6.07) is 1.99. The van der Waals surface area contributed by atoms with Crippen molar-refractivity contribution < 1.29 is 35.5 Å². The van der Waals surface area contributed by atoms with E-state index in [4.69, 9.17) is 0 Å². The largest absolute Gasteiger partial charge is 0.432 e. The topological polar surface area (TPSA) is 9.23 Å². The molecule has 0 bridgehead atoms. The summed E-state index contributed by atoms with van der Waals surface area (Å²) in [6.07, 6.45) is 3.01. The molecule has 1 nitrogen and oxygen atoms in total. The molecule has 0 aliphatic heterocycles. The molecule has 8 heteroatoms. The maximum Gasteiger partial charge on any atom is 0.432 e. The molecule has 178 valence electrons. The number of rotatable bonds is 7. The van der Waals surface area contributed by atoms with Crippen LogP contribution in [0.4, 0.5) is 30.7 Å². The summed E-state index contributed by atoms with van der Waals surface area (Å²) in [5.41, 5.74) is -0.451. The molecule has 0 saturated heterocycles. The standard InChI is InChI=1S/C25H23F7O/c1-3-4-5-14(2)15-6-8-16(9-7-15)17-10-19(26)23(20(27)11-17)25(31,32)33-18-12-21(28)24(30)22(29)13-18/h4-5,10-13,15-16H,2-3,6-9H2,1H3. The number of halogens is 7. The first-order valence-electron chi connectivity index (χ1n) is 10.6. The molecule has 1 saturated carbocycles. The Morgan fingerprint density at radius 3 is 2.00 bits per heavy atom. The van der Waals surface area contributed by atoms with Crippen molar-refractivity contribution in [1.29, 1.82) is 0 Å². The highest BCUT2D eigenvalue weighted by molar-refractivity contribution is 5.33. The number of hydrogen-bond donors (Lipinski definition) is 0. The van der Waals surface area contributed by atoms with Crippen LogP contribution in [0, 0.1) is 35.0 Å². The van der Waals surface area contributed by atoms with Gasteiger partial charge in [-0.1, -0.05) is 31.2 Å². The Morgan fingerprint density at radius 2 is 1.48 bits per heavy atom. The maximum atomic E-state index is 14.6. The molecule has 2 aromatic rings. The van der Waals surface area contributed by atoms with E-state index >= 15 is 0 Å². The average molecular weight is 472 g/mol. The van der Waals surface area contributed by atoms with Gasteiger partial charge >= 0.3 is 6.11 Å². The summed E-state index contributed by atoms with van der Waals surface area (Å²) in [4.78, 5) is 0. The van der Waals surface area contributed by atoms with Gasteiger partial charge in [0.1, 0.15) is 22.9 Å². The number of benzene rings is 2. The summed E-state index contributed by atoms with van der Waals surface area (Å²) in [5.74, 6) is -9.60. The highest BCUT2D eigenvalue weighted by Crippen LogP contribution is 2.41. The van der Waals surface area contributed by atoms with Gasteiger partial charge < -0.3 is 4.74 Å². The van der Waals surface area contributed by atoms with Crippen LogP contribution in [0.25, 0.3) is 0 Å². The molecule has 0 spiro atoms. The third kappa shape index (κ3) is 5.60. The number of hydrogen-bond acceptors (Lipinski definition) is 1. The monoisotopic (exact) mass is 472 g/mol. The lowest BCUT2D eigenvalue weighted by atomic mass is 9.76. The molecule has 0 atom stereocenters. The summed E-state index contributed by atoms with van der Waals surface area (Å²) in [5, 5.41) is 0. The van der Waals surface area contributed by atoms with Crippen molar-refractivity contribution in [1.82, 2.24) is 0 Å². The van der Waals surface area contributed by atoms with Crippen LogP contribution in [-0.2, 0) is 6.11 Å². The minimum atomic E-state index is -4.59. The van der Waals surface area contributed by atoms with Crippen LogP contribution in [0.15, 0.2) is 48.6 Å². The Hall–Kier alpha value is -2.77. The number of allylic oxidation sites excluding steroid dienone is 3. The number of ether oxygens (including phenoxy) is 1. The molecule has 0 radical (unpaired) electrons. The van der Waals surface area contributed by atoms with Gasteiger partial charge in [0.15, 0.2) is 17.5 Å². The molecule has 1 aliphatic carbocycles. The van der Waals surface area contributed by atoms with Crippen molar-refractivity contribution in [2.45, 2.75) is 51.1 Å². The zero-order valence-electron chi connectivity index (χ0n) is 17.9. The van der Waals surface area contributed by atoms with Crippen LogP contribution in [0.1, 0.15) is 56.1 Å². The average Bonchev–Trinajstić information content (AvgIpc) is 2.74. The van der Waals surface area contributed by atoms with Crippen molar-refractivity contribution in [3.63, 3.8) is 0 Å². The third-order valence-corrected chi connectivity index (χ3v) is 5.85. The molecule has 0 N–H and O–H groups in total. The van der Waals surface area contributed by atoms with E-state index < -0.39 is 46.5 Å². The van der Waals surface area contributed by atoms with Crippen molar-refractivity contribution in [3.8, 4) is 5.75 Å². The predicted octanol–water partition coefficient (Wildman–Crippen LogP) is 8.31. The summed E-state index contributed by atoms with van der Waals surface area (Å²) >= 11 is 0. The predicted molar refractivity (Wildman–Crippen MR) is 110 cm³/mol. The van der Waals surface area contributed by atoms with Gasteiger partial charge in [0.05, 0.1) is 0 Å². The first-order chi connectivity index (χ1) is 15.5. The van der Waals surface area contributed by atoms with Gasteiger partial charge in [-0.05, 0) is 61.6 Å². The summed E-state index contributed by atoms with van der Waals surface area (Å²) < 4.78 is 102. The highest BCUT2D eigenvalue weighted by atomic mass is 19.3. The third-order valence-electron chi connectivity index (χ3n) is 5.85. The quantitative estimate of drug-likeness (QED) is 0.224. The van der Waals surface area contributed by atoms with Crippen LogP contribution < -0.4 is 4.74 Å². The van der Waals surface area contributed by atoms with Crippen molar-refractivity contribution in [2.24, 2.45) is 5.92 Å². The van der Waals surface area contributed by atoms with Crippen LogP contribution in [0.3, 0.4) is 0 Å². The van der Waals surface area contributed by atoms with Gasteiger partial charge in [-0.15, -0.1) is 0 Å². The molecule has 0 amide bonds. The molecule has 1 aliphatic rings. The lowest BCUT2D eigenvalue weighted by molar-refractivity contribution is -0.189. The van der Waals surface area contributed by atoms with E-state index in [1.54, 1.807) is 0 Å². The van der Waals surface area contributed by atoms with E-state index in [2.05, 4.69) is 11.3 Å². The Bertz CT molecular complexity index is 1010. The summed E-state index contributed by atoms with van der Waals surface area (Å²) in [7, 11) is 0. The first-order valence-corrected chi connectivity index (χ1v) is 10.6. The molecule has 0 aromatic heterocycles. The number of alkyl halides is 2. The molecular formula is C25H23F7O. The van der Waals surface area contributed by atoms with E-state index in [1.165, 1.54) is 0 Å². The molecule has 0 unspecified atom stereocenters. The minimum Gasteiger partial charge on any atom is -0.429 e. The maximum absolute atomic E-state index is 14.6. The Labute approximate surface area is 187 Å². The Morgan fingerprint density at radius 1 is 0.939 bits per heavy atom. The second kappa shape index (κ2) is 10.0. The van der Waals surface area contributed by atoms with Crippen molar-refractivity contribution in [2.75, 3.05) is 0 Å². The van der Waals surface area contributed by atoms with Gasteiger partial charge in [-0.25, -0.2) is 22.0 Å².